The number of amides is 1. The summed E-state index contributed by atoms with van der Waals surface area (Å²) in [6, 6.07) is 16.0. The van der Waals surface area contributed by atoms with E-state index in [1.54, 1.807) is 10.9 Å². The van der Waals surface area contributed by atoms with Gasteiger partial charge in [0, 0.05) is 17.8 Å². The van der Waals surface area contributed by atoms with Gasteiger partial charge < -0.3 is 10.1 Å². The minimum atomic E-state index is -0.825. The van der Waals surface area contributed by atoms with Crippen LogP contribution in [0.25, 0.3) is 22.3 Å². The molecule has 4 aromatic rings. The zero-order valence-corrected chi connectivity index (χ0v) is 18.8. The van der Waals surface area contributed by atoms with Crippen LogP contribution in [0.2, 0.25) is 0 Å². The fourth-order valence-electron chi connectivity index (χ4n) is 3.12. The molecule has 0 saturated carbocycles. The minimum absolute atomic E-state index is 0.207. The molecule has 0 radical (unpaired) electrons. The van der Waals surface area contributed by atoms with Gasteiger partial charge in [0.2, 0.25) is 0 Å². The van der Waals surface area contributed by atoms with Crippen LogP contribution in [0.4, 0.5) is 15.8 Å². The van der Waals surface area contributed by atoms with Gasteiger partial charge >= 0.3 is 5.97 Å². The van der Waals surface area contributed by atoms with Gasteiger partial charge in [-0.2, -0.15) is 5.10 Å². The lowest BCUT2D eigenvalue weighted by atomic mass is 10.2. The standard InChI is InChI=1S/C24H17FN4O5S/c25-17-9-10-19(20(13-17)29(32)33)26-22(30)15-34-23(31)11-8-16-14-28(18-5-2-1-3-6-18)27-24(16)21-7-4-12-35-21/h1-14H,15H2,(H,26,30). The molecule has 9 nitrogen and oxygen atoms in total. The average molecular weight is 492 g/mol. The van der Waals surface area contributed by atoms with Crippen LogP contribution in [0, 0.1) is 15.9 Å². The summed E-state index contributed by atoms with van der Waals surface area (Å²) in [4.78, 5) is 35.4. The maximum absolute atomic E-state index is 13.2. The van der Waals surface area contributed by atoms with Crippen molar-refractivity contribution in [1.82, 2.24) is 9.78 Å². The molecule has 4 rings (SSSR count). The van der Waals surface area contributed by atoms with Crippen LogP contribution in [0.15, 0.2) is 78.3 Å². The summed E-state index contributed by atoms with van der Waals surface area (Å²) < 4.78 is 19.9. The second-order valence-electron chi connectivity index (χ2n) is 7.10. The molecule has 0 unspecified atom stereocenters. The van der Waals surface area contributed by atoms with Crippen LogP contribution in [0.1, 0.15) is 5.56 Å². The first-order valence-electron chi connectivity index (χ1n) is 10.2. The number of anilines is 1. The molecule has 0 fully saturated rings. The number of nitro groups is 1. The predicted molar refractivity (Wildman–Crippen MR) is 129 cm³/mol. The predicted octanol–water partition coefficient (Wildman–Crippen LogP) is 4.84. The molecule has 1 N–H and O–H groups in total. The van der Waals surface area contributed by atoms with Gasteiger partial charge in [0.05, 0.1) is 21.6 Å². The summed E-state index contributed by atoms with van der Waals surface area (Å²) in [7, 11) is 0. The Hall–Kier alpha value is -4.64. The number of carbonyl (C=O) groups excluding carboxylic acids is 2. The van der Waals surface area contributed by atoms with Crippen LogP contribution < -0.4 is 5.32 Å². The summed E-state index contributed by atoms with van der Waals surface area (Å²) in [5.41, 5.74) is 1.37. The van der Waals surface area contributed by atoms with E-state index < -0.39 is 34.9 Å². The van der Waals surface area contributed by atoms with Crippen molar-refractivity contribution >= 4 is 40.7 Å². The maximum atomic E-state index is 13.2. The number of hydrogen-bond donors (Lipinski definition) is 1. The number of rotatable bonds is 8. The van der Waals surface area contributed by atoms with Gasteiger partial charge in [-0.3, -0.25) is 14.9 Å². The highest BCUT2D eigenvalue weighted by Gasteiger charge is 2.18. The van der Waals surface area contributed by atoms with E-state index in [9.17, 15) is 24.1 Å². The third-order valence-electron chi connectivity index (χ3n) is 4.69. The van der Waals surface area contributed by atoms with Crippen molar-refractivity contribution in [2.75, 3.05) is 11.9 Å². The van der Waals surface area contributed by atoms with E-state index in [-0.39, 0.29) is 5.69 Å². The number of halogens is 1. The molecule has 2 heterocycles. The third-order valence-corrected chi connectivity index (χ3v) is 5.57. The smallest absolute Gasteiger partial charge is 0.331 e. The van der Waals surface area contributed by atoms with Crippen LogP contribution in [-0.4, -0.2) is 33.2 Å². The molecule has 176 valence electrons. The van der Waals surface area contributed by atoms with Crippen LogP contribution in [0.3, 0.4) is 0 Å². The summed E-state index contributed by atoms with van der Waals surface area (Å²) in [6.07, 6.45) is 4.47. The van der Waals surface area contributed by atoms with Gasteiger partial charge in [-0.1, -0.05) is 24.3 Å². The van der Waals surface area contributed by atoms with E-state index in [1.807, 2.05) is 47.8 Å². The number of esters is 1. The number of carbonyl (C=O) groups is 2. The fourth-order valence-corrected chi connectivity index (χ4v) is 3.85. The number of aromatic nitrogens is 2. The van der Waals surface area contributed by atoms with Crippen LogP contribution >= 0.6 is 11.3 Å². The Bertz CT molecular complexity index is 1400. The topological polar surface area (TPSA) is 116 Å². The maximum Gasteiger partial charge on any atom is 0.331 e. The molecule has 0 saturated heterocycles. The number of benzene rings is 2. The van der Waals surface area contributed by atoms with Crippen molar-refractivity contribution in [2.45, 2.75) is 0 Å². The molecule has 0 atom stereocenters. The Morgan fingerprint density at radius 2 is 1.97 bits per heavy atom. The van der Waals surface area contributed by atoms with E-state index in [4.69, 9.17) is 4.74 Å². The number of thiophene rings is 1. The third kappa shape index (κ3) is 5.84. The molecule has 0 bridgehead atoms. The lowest BCUT2D eigenvalue weighted by molar-refractivity contribution is -0.384. The van der Waals surface area contributed by atoms with Gasteiger partial charge in [0.1, 0.15) is 17.2 Å². The van der Waals surface area contributed by atoms with Gasteiger partial charge in [-0.15, -0.1) is 11.3 Å². The lowest BCUT2D eigenvalue weighted by Gasteiger charge is -2.06. The molecule has 35 heavy (non-hydrogen) atoms. The fraction of sp³-hybridized carbons (Fsp3) is 0.0417. The summed E-state index contributed by atoms with van der Waals surface area (Å²) in [6.45, 7) is -0.682. The summed E-state index contributed by atoms with van der Waals surface area (Å²) in [5, 5.41) is 19.8. The second kappa shape index (κ2) is 10.5. The first-order valence-corrected chi connectivity index (χ1v) is 11.1. The number of nitrogens with one attached hydrogen (secondary N) is 1. The zero-order valence-electron chi connectivity index (χ0n) is 18.0. The number of hydrogen-bond acceptors (Lipinski definition) is 7. The van der Waals surface area contributed by atoms with E-state index in [0.29, 0.717) is 17.3 Å². The van der Waals surface area contributed by atoms with E-state index in [0.717, 1.165) is 28.8 Å². The Balaban J connectivity index is 1.43. The molecule has 0 spiro atoms. The van der Waals surface area contributed by atoms with E-state index in [1.165, 1.54) is 17.4 Å². The van der Waals surface area contributed by atoms with E-state index in [2.05, 4.69) is 10.4 Å². The van der Waals surface area contributed by atoms with Crippen LogP contribution in [-0.2, 0) is 14.3 Å². The number of nitrogens with zero attached hydrogens (tertiary/aromatic N) is 3. The molecule has 0 aliphatic rings. The van der Waals surface area contributed by atoms with E-state index >= 15 is 0 Å². The zero-order chi connectivity index (χ0) is 24.8. The summed E-state index contributed by atoms with van der Waals surface area (Å²) in [5.74, 6) is -2.42. The molecule has 11 heteroatoms. The summed E-state index contributed by atoms with van der Waals surface area (Å²) >= 11 is 1.50. The first-order chi connectivity index (χ1) is 16.9. The Morgan fingerprint density at radius 1 is 1.17 bits per heavy atom. The van der Waals surface area contributed by atoms with Crippen LogP contribution in [0.5, 0.6) is 0 Å². The number of para-hydroxylation sites is 1. The molecular weight excluding hydrogens is 475 g/mol. The quantitative estimate of drug-likeness (QED) is 0.163. The van der Waals surface area contributed by atoms with Crippen molar-refractivity contribution < 1.29 is 23.6 Å². The number of nitro benzene ring substituents is 1. The largest absolute Gasteiger partial charge is 0.452 e. The molecule has 0 aliphatic heterocycles. The van der Waals surface area contributed by atoms with Crippen molar-refractivity contribution in [2.24, 2.45) is 0 Å². The molecular formula is C24H17FN4O5S. The van der Waals surface area contributed by atoms with Crippen molar-refractivity contribution in [1.29, 1.82) is 0 Å². The molecule has 0 aliphatic carbocycles. The second-order valence-corrected chi connectivity index (χ2v) is 8.05. The Kier molecular flexibility index (Phi) is 7.07. The highest BCUT2D eigenvalue weighted by atomic mass is 32.1. The lowest BCUT2D eigenvalue weighted by Crippen LogP contribution is -2.20. The van der Waals surface area contributed by atoms with Gasteiger partial charge in [0.15, 0.2) is 6.61 Å². The monoisotopic (exact) mass is 492 g/mol. The normalized spacial score (nSPS) is 10.9. The molecule has 1 amide bonds. The highest BCUT2D eigenvalue weighted by molar-refractivity contribution is 7.13. The SMILES string of the molecule is O=C(COC(=O)C=Cc1cn(-c2ccccc2)nc1-c1cccs1)Nc1ccc(F)cc1[N+](=O)[O-]. The number of ether oxygens (including phenoxy) is 1. The minimum Gasteiger partial charge on any atom is -0.452 e. The van der Waals surface area contributed by atoms with Crippen molar-refractivity contribution in [3.8, 4) is 16.3 Å². The van der Waals surface area contributed by atoms with Crippen molar-refractivity contribution in [3.05, 3.63) is 99.8 Å². The van der Waals surface area contributed by atoms with Gasteiger partial charge in [-0.05, 0) is 41.8 Å². The van der Waals surface area contributed by atoms with Gasteiger partial charge in [0.25, 0.3) is 11.6 Å². The Morgan fingerprint density at radius 3 is 2.69 bits per heavy atom. The first kappa shape index (κ1) is 23.5. The van der Waals surface area contributed by atoms with Gasteiger partial charge in [-0.25, -0.2) is 13.9 Å². The highest BCUT2D eigenvalue weighted by Crippen LogP contribution is 2.29. The molecule has 2 aromatic heterocycles. The Labute approximate surface area is 202 Å². The average Bonchev–Trinajstić information content (AvgIpc) is 3.53. The molecule has 2 aromatic carbocycles. The van der Waals surface area contributed by atoms with Crippen molar-refractivity contribution in [3.63, 3.8) is 0 Å².